The van der Waals surface area contributed by atoms with Crippen LogP contribution in [0.1, 0.15) is 38.3 Å². The number of aryl methyl sites for hydroxylation is 1. The third-order valence-electron chi connectivity index (χ3n) is 5.77. The molecule has 134 valence electrons. The van der Waals surface area contributed by atoms with Crippen molar-refractivity contribution < 1.29 is 0 Å². The van der Waals surface area contributed by atoms with E-state index >= 15 is 0 Å². The van der Waals surface area contributed by atoms with Crippen LogP contribution in [0, 0.1) is 5.41 Å². The van der Waals surface area contributed by atoms with Gasteiger partial charge in [-0.3, -0.25) is 0 Å². The summed E-state index contributed by atoms with van der Waals surface area (Å²) in [6.07, 6.45) is 4.71. The lowest BCUT2D eigenvalue weighted by atomic mass is 9.76. The molecule has 0 bridgehead atoms. The number of para-hydroxylation sites is 2. The molecule has 4 aromatic rings. The van der Waals surface area contributed by atoms with Crippen LogP contribution in [0.5, 0.6) is 0 Å². The molecule has 0 saturated carbocycles. The maximum atomic E-state index is 2.45. The Morgan fingerprint density at radius 3 is 2.30 bits per heavy atom. The molecule has 0 fully saturated rings. The fourth-order valence-corrected chi connectivity index (χ4v) is 4.56. The molecule has 0 atom stereocenters. The summed E-state index contributed by atoms with van der Waals surface area (Å²) in [5.41, 5.74) is 8.40. The summed E-state index contributed by atoms with van der Waals surface area (Å²) in [6, 6.07) is 24.4. The van der Waals surface area contributed by atoms with Crippen LogP contribution in [0.2, 0.25) is 0 Å². The minimum Gasteiger partial charge on any atom is -0.309 e. The molecule has 1 aliphatic rings. The number of aromatic nitrogens is 1. The van der Waals surface area contributed by atoms with Gasteiger partial charge in [-0.1, -0.05) is 63.2 Å². The van der Waals surface area contributed by atoms with Gasteiger partial charge in [0, 0.05) is 16.5 Å². The lowest BCUT2D eigenvalue weighted by Gasteiger charge is -2.28. The number of hydrogen-bond donors (Lipinski definition) is 0. The van der Waals surface area contributed by atoms with Crippen molar-refractivity contribution in [3.63, 3.8) is 0 Å². The van der Waals surface area contributed by atoms with Gasteiger partial charge in [0.25, 0.3) is 0 Å². The van der Waals surface area contributed by atoms with E-state index < -0.39 is 0 Å². The van der Waals surface area contributed by atoms with Crippen molar-refractivity contribution in [1.29, 1.82) is 0 Å². The average molecular weight is 351 g/mol. The smallest absolute Gasteiger partial charge is 0.0544 e. The predicted octanol–water partition coefficient (Wildman–Crippen LogP) is 7.16. The van der Waals surface area contributed by atoms with Gasteiger partial charge in [0.2, 0.25) is 0 Å². The molecule has 0 amide bonds. The van der Waals surface area contributed by atoms with Crippen LogP contribution in [-0.4, -0.2) is 4.57 Å². The lowest BCUT2D eigenvalue weighted by Crippen LogP contribution is -2.13. The van der Waals surface area contributed by atoms with Gasteiger partial charge in [-0.15, -0.1) is 0 Å². The Labute approximate surface area is 160 Å². The summed E-state index contributed by atoms with van der Waals surface area (Å²) < 4.78 is 2.42. The number of hydrogen-bond acceptors (Lipinski definition) is 0. The molecule has 3 aromatic carbocycles. The Balaban J connectivity index is 1.89. The number of allylic oxidation sites excluding steroid dienone is 2. The first-order chi connectivity index (χ1) is 13.0. The van der Waals surface area contributed by atoms with Crippen molar-refractivity contribution in [3.8, 4) is 5.69 Å². The molecule has 0 spiro atoms. The van der Waals surface area contributed by atoms with Crippen LogP contribution in [0.4, 0.5) is 0 Å². The minimum absolute atomic E-state index is 0.167. The van der Waals surface area contributed by atoms with E-state index in [2.05, 4.69) is 98.1 Å². The third-order valence-corrected chi connectivity index (χ3v) is 5.77. The van der Waals surface area contributed by atoms with E-state index in [1.807, 2.05) is 0 Å². The fraction of sp³-hybridized carbons (Fsp3) is 0.231. The summed E-state index contributed by atoms with van der Waals surface area (Å²) >= 11 is 0. The molecule has 1 aliphatic carbocycles. The van der Waals surface area contributed by atoms with Crippen LogP contribution in [0.25, 0.3) is 33.1 Å². The first kappa shape index (κ1) is 16.4. The largest absolute Gasteiger partial charge is 0.309 e. The number of nitrogens with zero attached hydrogens (tertiary/aromatic N) is 1. The average Bonchev–Trinajstić information content (AvgIpc) is 2.99. The zero-order valence-corrected chi connectivity index (χ0v) is 16.3. The molecule has 0 unspecified atom stereocenters. The second-order valence-electron chi connectivity index (χ2n) is 8.62. The summed E-state index contributed by atoms with van der Waals surface area (Å²) in [6.45, 7) is 6.97. The van der Waals surface area contributed by atoms with E-state index in [1.54, 1.807) is 0 Å². The second-order valence-corrected chi connectivity index (χ2v) is 8.62. The summed E-state index contributed by atoms with van der Waals surface area (Å²) in [5, 5.41) is 2.68. The molecule has 1 heteroatoms. The van der Waals surface area contributed by atoms with Gasteiger partial charge in [0.15, 0.2) is 0 Å². The maximum Gasteiger partial charge on any atom is 0.0544 e. The van der Waals surface area contributed by atoms with Crippen LogP contribution >= 0.6 is 0 Å². The van der Waals surface area contributed by atoms with Gasteiger partial charge in [-0.2, -0.15) is 0 Å². The highest BCUT2D eigenvalue weighted by Crippen LogP contribution is 2.42. The Kier molecular flexibility index (Phi) is 3.55. The molecular formula is C26H25N. The molecule has 0 N–H and O–H groups in total. The SMILES string of the molecule is CC(C)(C)C1=CCCc2cc3c(cc21)c1ccccc1n3-c1ccccc1. The van der Waals surface area contributed by atoms with Crippen LogP contribution < -0.4 is 0 Å². The van der Waals surface area contributed by atoms with Crippen LogP contribution in [0.15, 0.2) is 72.8 Å². The quantitative estimate of drug-likeness (QED) is 0.343. The zero-order chi connectivity index (χ0) is 18.6. The fourth-order valence-electron chi connectivity index (χ4n) is 4.56. The monoisotopic (exact) mass is 351 g/mol. The summed E-state index contributed by atoms with van der Waals surface area (Å²) in [5.74, 6) is 0. The van der Waals surface area contributed by atoms with E-state index in [0.29, 0.717) is 0 Å². The molecule has 1 aromatic heterocycles. The van der Waals surface area contributed by atoms with Crippen molar-refractivity contribution in [2.24, 2.45) is 5.41 Å². The highest BCUT2D eigenvalue weighted by atomic mass is 15.0. The molecular weight excluding hydrogens is 326 g/mol. The lowest BCUT2D eigenvalue weighted by molar-refractivity contribution is 0.562. The van der Waals surface area contributed by atoms with E-state index in [9.17, 15) is 0 Å². The predicted molar refractivity (Wildman–Crippen MR) is 117 cm³/mol. The topological polar surface area (TPSA) is 4.93 Å². The van der Waals surface area contributed by atoms with E-state index in [1.165, 1.54) is 44.2 Å². The molecule has 0 saturated heterocycles. The number of fused-ring (bicyclic) bond motifs is 4. The van der Waals surface area contributed by atoms with E-state index in [-0.39, 0.29) is 5.41 Å². The highest BCUT2D eigenvalue weighted by Gasteiger charge is 2.25. The van der Waals surface area contributed by atoms with Crippen molar-refractivity contribution in [2.45, 2.75) is 33.6 Å². The maximum absolute atomic E-state index is 2.45. The molecule has 5 rings (SSSR count). The normalized spacial score (nSPS) is 14.4. The Morgan fingerprint density at radius 2 is 1.52 bits per heavy atom. The number of benzene rings is 3. The van der Waals surface area contributed by atoms with Gasteiger partial charge in [0.05, 0.1) is 11.0 Å². The molecule has 0 radical (unpaired) electrons. The molecule has 27 heavy (non-hydrogen) atoms. The van der Waals surface area contributed by atoms with Gasteiger partial charge in [0.1, 0.15) is 0 Å². The highest BCUT2D eigenvalue weighted by molar-refractivity contribution is 6.10. The zero-order valence-electron chi connectivity index (χ0n) is 16.3. The van der Waals surface area contributed by atoms with Crippen molar-refractivity contribution in [1.82, 2.24) is 4.57 Å². The second kappa shape index (κ2) is 5.85. The first-order valence-electron chi connectivity index (χ1n) is 9.86. The van der Waals surface area contributed by atoms with Crippen LogP contribution in [0.3, 0.4) is 0 Å². The molecule has 1 nitrogen and oxygen atoms in total. The van der Waals surface area contributed by atoms with E-state index in [4.69, 9.17) is 0 Å². The van der Waals surface area contributed by atoms with Gasteiger partial charge >= 0.3 is 0 Å². The van der Waals surface area contributed by atoms with Gasteiger partial charge < -0.3 is 4.57 Å². The van der Waals surface area contributed by atoms with Crippen LogP contribution in [-0.2, 0) is 6.42 Å². The number of rotatable bonds is 1. The Hall–Kier alpha value is -2.80. The minimum atomic E-state index is 0.167. The molecule has 1 heterocycles. The molecule has 0 aliphatic heterocycles. The standard InChI is InChI=1S/C26H25N/c1-26(2,3)23-14-9-10-18-16-25-22(17-21(18)23)20-13-7-8-15-24(20)27(25)19-11-5-4-6-12-19/h4-8,11-17H,9-10H2,1-3H3. The van der Waals surface area contributed by atoms with Crippen molar-refractivity contribution >= 4 is 27.4 Å². The summed E-state index contributed by atoms with van der Waals surface area (Å²) in [4.78, 5) is 0. The summed E-state index contributed by atoms with van der Waals surface area (Å²) in [7, 11) is 0. The van der Waals surface area contributed by atoms with Crippen molar-refractivity contribution in [2.75, 3.05) is 0 Å². The van der Waals surface area contributed by atoms with Gasteiger partial charge in [-0.05, 0) is 65.3 Å². The van der Waals surface area contributed by atoms with E-state index in [0.717, 1.165) is 12.8 Å². The Morgan fingerprint density at radius 1 is 0.778 bits per heavy atom. The first-order valence-corrected chi connectivity index (χ1v) is 9.86. The van der Waals surface area contributed by atoms with Crippen molar-refractivity contribution in [3.05, 3.63) is 83.9 Å². The Bertz CT molecular complexity index is 1180. The van der Waals surface area contributed by atoms with Gasteiger partial charge in [-0.25, -0.2) is 0 Å². The third kappa shape index (κ3) is 2.53.